The third-order valence-corrected chi connectivity index (χ3v) is 6.72. The number of rotatable bonds is 5. The molecule has 1 saturated heterocycles. The van der Waals surface area contributed by atoms with Gasteiger partial charge in [0.2, 0.25) is 5.91 Å². The van der Waals surface area contributed by atoms with Crippen molar-refractivity contribution in [1.82, 2.24) is 19.4 Å². The lowest BCUT2D eigenvalue weighted by molar-refractivity contribution is -0.114. The van der Waals surface area contributed by atoms with Crippen molar-refractivity contribution in [3.8, 4) is 6.07 Å². The molecule has 1 aromatic carbocycles. The molecule has 0 bridgehead atoms. The highest BCUT2D eigenvalue weighted by Gasteiger charge is 2.27. The lowest BCUT2D eigenvalue weighted by Crippen LogP contribution is -2.47. The van der Waals surface area contributed by atoms with Gasteiger partial charge < -0.3 is 14.8 Å². The molecule has 0 spiro atoms. The number of hydrogen-bond acceptors (Lipinski definition) is 6. The first-order valence-corrected chi connectivity index (χ1v) is 11.7. The lowest BCUT2D eigenvalue weighted by Gasteiger charge is -2.35. The van der Waals surface area contributed by atoms with E-state index < -0.39 is 0 Å². The molecule has 1 N–H and O–H groups in total. The highest BCUT2D eigenvalue weighted by atomic mass is 16.1. The highest BCUT2D eigenvalue weighted by molar-refractivity contribution is 5.92. The SMILES string of the molecule is CC(=O)Nc1cccc(CCN2CCN(c3ncnc4c(C#N)c5n(c34)CCCC5)CC2)c1. The minimum Gasteiger partial charge on any atom is -0.352 e. The van der Waals surface area contributed by atoms with Crippen LogP contribution in [0.1, 0.15) is 36.6 Å². The molecule has 8 nitrogen and oxygen atoms in total. The van der Waals surface area contributed by atoms with E-state index in [1.165, 1.54) is 12.5 Å². The summed E-state index contributed by atoms with van der Waals surface area (Å²) in [5, 5.41) is 12.6. The van der Waals surface area contributed by atoms with E-state index in [1.54, 1.807) is 6.33 Å². The smallest absolute Gasteiger partial charge is 0.221 e. The molecule has 3 aromatic rings. The number of aryl methyl sites for hydroxylation is 1. The molecule has 2 aromatic heterocycles. The fourth-order valence-corrected chi connectivity index (χ4v) is 5.10. The molecule has 33 heavy (non-hydrogen) atoms. The summed E-state index contributed by atoms with van der Waals surface area (Å²) >= 11 is 0. The van der Waals surface area contributed by atoms with E-state index in [0.717, 1.165) is 98.7 Å². The quantitative estimate of drug-likeness (QED) is 0.652. The van der Waals surface area contributed by atoms with Crippen LogP contribution in [0.2, 0.25) is 0 Å². The molecule has 170 valence electrons. The van der Waals surface area contributed by atoms with E-state index in [9.17, 15) is 10.1 Å². The first-order valence-electron chi connectivity index (χ1n) is 11.7. The number of nitrogens with zero attached hydrogens (tertiary/aromatic N) is 6. The number of nitrogens with one attached hydrogen (secondary N) is 1. The van der Waals surface area contributed by atoms with Gasteiger partial charge in [0.1, 0.15) is 23.4 Å². The van der Waals surface area contributed by atoms with Crippen molar-refractivity contribution >= 4 is 28.4 Å². The standard InChI is InChI=1S/C25H29N7O/c1-18(33)29-20-6-4-5-19(15-20)8-10-30-11-13-31(14-12-30)25-24-23(27-17-28-25)21(16-26)22-7-2-3-9-32(22)24/h4-6,15,17H,2-3,7-14H2,1H3,(H,29,33). The van der Waals surface area contributed by atoms with Gasteiger partial charge in [-0.25, -0.2) is 9.97 Å². The van der Waals surface area contributed by atoms with Gasteiger partial charge in [0.15, 0.2) is 5.82 Å². The van der Waals surface area contributed by atoms with Gasteiger partial charge in [-0.15, -0.1) is 0 Å². The molecule has 8 heteroatoms. The largest absolute Gasteiger partial charge is 0.352 e. The van der Waals surface area contributed by atoms with Crippen molar-refractivity contribution in [3.05, 3.63) is 47.4 Å². The van der Waals surface area contributed by atoms with Crippen LogP contribution in [-0.4, -0.2) is 58.1 Å². The second-order valence-corrected chi connectivity index (χ2v) is 8.90. The van der Waals surface area contributed by atoms with Gasteiger partial charge in [-0.05, 0) is 43.4 Å². The van der Waals surface area contributed by atoms with E-state index in [4.69, 9.17) is 0 Å². The minimum absolute atomic E-state index is 0.0479. The van der Waals surface area contributed by atoms with Gasteiger partial charge >= 0.3 is 0 Å². The number of hydrogen-bond donors (Lipinski definition) is 1. The molecular weight excluding hydrogens is 414 g/mol. The summed E-state index contributed by atoms with van der Waals surface area (Å²) in [6, 6.07) is 10.5. The zero-order valence-electron chi connectivity index (χ0n) is 19.0. The Morgan fingerprint density at radius 2 is 2.00 bits per heavy atom. The van der Waals surface area contributed by atoms with Gasteiger partial charge in [-0.2, -0.15) is 5.26 Å². The van der Waals surface area contributed by atoms with Crippen LogP contribution in [0.4, 0.5) is 11.5 Å². The van der Waals surface area contributed by atoms with Gasteiger partial charge in [-0.3, -0.25) is 9.69 Å². The van der Waals surface area contributed by atoms with Crippen LogP contribution >= 0.6 is 0 Å². The monoisotopic (exact) mass is 443 g/mol. The van der Waals surface area contributed by atoms with Crippen molar-refractivity contribution in [2.45, 2.75) is 39.2 Å². The van der Waals surface area contributed by atoms with Crippen LogP contribution in [-0.2, 0) is 24.2 Å². The van der Waals surface area contributed by atoms with Crippen molar-refractivity contribution in [2.75, 3.05) is 42.9 Å². The number of anilines is 2. The van der Waals surface area contributed by atoms with Crippen molar-refractivity contribution in [2.24, 2.45) is 0 Å². The normalized spacial score (nSPS) is 16.4. The summed E-state index contributed by atoms with van der Waals surface area (Å²) in [7, 11) is 0. The number of benzene rings is 1. The topological polar surface area (TPSA) is 90.1 Å². The average Bonchev–Trinajstić information content (AvgIpc) is 3.17. The Labute approximate surface area is 193 Å². The van der Waals surface area contributed by atoms with Crippen LogP contribution < -0.4 is 10.2 Å². The number of carbonyl (C=O) groups is 1. The molecular formula is C25H29N7O. The molecule has 2 aliphatic heterocycles. The fraction of sp³-hybridized carbons (Fsp3) is 0.440. The predicted octanol–water partition coefficient (Wildman–Crippen LogP) is 2.96. The molecule has 1 fully saturated rings. The number of aromatic nitrogens is 3. The Bertz CT molecular complexity index is 1220. The Balaban J connectivity index is 1.27. The summed E-state index contributed by atoms with van der Waals surface area (Å²) < 4.78 is 2.29. The molecule has 0 radical (unpaired) electrons. The van der Waals surface area contributed by atoms with Gasteiger partial charge in [0.05, 0.1) is 5.56 Å². The van der Waals surface area contributed by atoms with Crippen LogP contribution in [0.5, 0.6) is 0 Å². The van der Waals surface area contributed by atoms with Crippen LogP contribution in [0.25, 0.3) is 11.0 Å². The zero-order valence-corrected chi connectivity index (χ0v) is 19.0. The summed E-state index contributed by atoms with van der Waals surface area (Å²) in [5.41, 5.74) is 5.77. The maximum absolute atomic E-state index is 11.3. The fourth-order valence-electron chi connectivity index (χ4n) is 5.10. The van der Waals surface area contributed by atoms with E-state index in [0.29, 0.717) is 0 Å². The molecule has 0 aliphatic carbocycles. The van der Waals surface area contributed by atoms with Gasteiger partial charge in [0.25, 0.3) is 0 Å². The molecule has 0 unspecified atom stereocenters. The number of amides is 1. The summed E-state index contributed by atoms with van der Waals surface area (Å²) in [5.74, 6) is 0.917. The molecule has 5 rings (SSSR count). The summed E-state index contributed by atoms with van der Waals surface area (Å²) in [4.78, 5) is 25.3. The molecule has 4 heterocycles. The maximum Gasteiger partial charge on any atom is 0.221 e. The molecule has 2 aliphatic rings. The molecule has 0 saturated carbocycles. The van der Waals surface area contributed by atoms with E-state index in [-0.39, 0.29) is 5.91 Å². The molecule has 0 atom stereocenters. The average molecular weight is 444 g/mol. The van der Waals surface area contributed by atoms with E-state index in [1.807, 2.05) is 12.1 Å². The van der Waals surface area contributed by atoms with Crippen LogP contribution in [0.15, 0.2) is 30.6 Å². The summed E-state index contributed by atoms with van der Waals surface area (Å²) in [6.45, 7) is 7.19. The van der Waals surface area contributed by atoms with Crippen LogP contribution in [0, 0.1) is 11.3 Å². The Morgan fingerprint density at radius 1 is 1.15 bits per heavy atom. The number of carbonyl (C=O) groups excluding carboxylic acids is 1. The van der Waals surface area contributed by atoms with Crippen molar-refractivity contribution < 1.29 is 4.79 Å². The first-order chi connectivity index (χ1) is 16.1. The second-order valence-electron chi connectivity index (χ2n) is 8.90. The van der Waals surface area contributed by atoms with Crippen molar-refractivity contribution in [1.29, 1.82) is 5.26 Å². The van der Waals surface area contributed by atoms with Crippen molar-refractivity contribution in [3.63, 3.8) is 0 Å². The Hall–Kier alpha value is -3.44. The van der Waals surface area contributed by atoms with Gasteiger partial charge in [-0.1, -0.05) is 12.1 Å². The van der Waals surface area contributed by atoms with Gasteiger partial charge in [0, 0.05) is 57.6 Å². The highest BCUT2D eigenvalue weighted by Crippen LogP contribution is 2.34. The number of nitriles is 1. The minimum atomic E-state index is -0.0479. The Morgan fingerprint density at radius 3 is 2.79 bits per heavy atom. The predicted molar refractivity (Wildman–Crippen MR) is 128 cm³/mol. The second kappa shape index (κ2) is 9.20. The van der Waals surface area contributed by atoms with E-state index >= 15 is 0 Å². The zero-order chi connectivity index (χ0) is 22.8. The first kappa shape index (κ1) is 21.4. The Kier molecular flexibility index (Phi) is 5.97. The number of piperazine rings is 1. The maximum atomic E-state index is 11.3. The third kappa shape index (κ3) is 4.29. The van der Waals surface area contributed by atoms with Crippen LogP contribution in [0.3, 0.4) is 0 Å². The third-order valence-electron chi connectivity index (χ3n) is 6.72. The number of fused-ring (bicyclic) bond motifs is 3. The summed E-state index contributed by atoms with van der Waals surface area (Å²) in [6.07, 6.45) is 5.75. The lowest BCUT2D eigenvalue weighted by atomic mass is 10.1. The van der Waals surface area contributed by atoms with E-state index in [2.05, 4.69) is 47.9 Å². The molecule has 1 amide bonds.